The SMILES string of the molecule is CCC(C)CCNCCN(C)CC. The number of hydrogen-bond acceptors (Lipinski definition) is 2. The topological polar surface area (TPSA) is 15.3 Å². The van der Waals surface area contributed by atoms with Gasteiger partial charge in [-0.25, -0.2) is 0 Å². The van der Waals surface area contributed by atoms with Gasteiger partial charge in [0.25, 0.3) is 0 Å². The van der Waals surface area contributed by atoms with Crippen LogP contribution in [0.5, 0.6) is 0 Å². The van der Waals surface area contributed by atoms with Gasteiger partial charge in [0, 0.05) is 13.1 Å². The van der Waals surface area contributed by atoms with Crippen molar-refractivity contribution in [3.05, 3.63) is 0 Å². The molecule has 2 heteroatoms. The van der Waals surface area contributed by atoms with Crippen LogP contribution < -0.4 is 5.32 Å². The van der Waals surface area contributed by atoms with Gasteiger partial charge in [-0.15, -0.1) is 0 Å². The molecule has 0 aliphatic heterocycles. The fraction of sp³-hybridized carbons (Fsp3) is 1.00. The molecule has 0 saturated heterocycles. The summed E-state index contributed by atoms with van der Waals surface area (Å²) in [5.41, 5.74) is 0. The minimum absolute atomic E-state index is 0.872. The van der Waals surface area contributed by atoms with Gasteiger partial charge in [0.2, 0.25) is 0 Å². The van der Waals surface area contributed by atoms with E-state index in [9.17, 15) is 0 Å². The van der Waals surface area contributed by atoms with Crippen LogP contribution in [0.3, 0.4) is 0 Å². The molecule has 0 heterocycles. The van der Waals surface area contributed by atoms with Gasteiger partial charge in [0.1, 0.15) is 0 Å². The third-order valence-corrected chi connectivity index (χ3v) is 2.72. The molecule has 0 aliphatic carbocycles. The predicted octanol–water partition coefficient (Wildman–Crippen LogP) is 1.96. The van der Waals surface area contributed by atoms with Crippen molar-refractivity contribution in [1.29, 1.82) is 0 Å². The van der Waals surface area contributed by atoms with Crippen LogP contribution in [-0.4, -0.2) is 38.1 Å². The maximum absolute atomic E-state index is 3.47. The molecular formula is C11H26N2. The molecule has 80 valence electrons. The summed E-state index contributed by atoms with van der Waals surface area (Å²) in [6.45, 7) is 11.4. The van der Waals surface area contributed by atoms with Gasteiger partial charge in [-0.3, -0.25) is 0 Å². The van der Waals surface area contributed by atoms with Crippen LogP contribution in [0, 0.1) is 5.92 Å². The highest BCUT2D eigenvalue weighted by Crippen LogP contribution is 2.03. The van der Waals surface area contributed by atoms with E-state index in [2.05, 4.69) is 38.0 Å². The van der Waals surface area contributed by atoms with E-state index in [0.29, 0.717) is 0 Å². The summed E-state index contributed by atoms with van der Waals surface area (Å²) < 4.78 is 0. The quantitative estimate of drug-likeness (QED) is 0.583. The van der Waals surface area contributed by atoms with E-state index in [1.807, 2.05) is 0 Å². The number of nitrogens with zero attached hydrogens (tertiary/aromatic N) is 1. The molecule has 0 aromatic rings. The Labute approximate surface area is 83.7 Å². The lowest BCUT2D eigenvalue weighted by Gasteiger charge is -2.14. The van der Waals surface area contributed by atoms with Crippen LogP contribution >= 0.6 is 0 Å². The van der Waals surface area contributed by atoms with Crippen LogP contribution in [0.25, 0.3) is 0 Å². The van der Waals surface area contributed by atoms with Crippen molar-refractivity contribution < 1.29 is 0 Å². The first-order valence-corrected chi connectivity index (χ1v) is 5.59. The molecule has 0 bridgehead atoms. The summed E-state index contributed by atoms with van der Waals surface area (Å²) in [6, 6.07) is 0. The highest BCUT2D eigenvalue weighted by molar-refractivity contribution is 4.56. The van der Waals surface area contributed by atoms with Gasteiger partial charge in [-0.1, -0.05) is 27.2 Å². The number of likely N-dealkylation sites (N-methyl/N-ethyl adjacent to an activating group) is 1. The van der Waals surface area contributed by atoms with Gasteiger partial charge in [0.15, 0.2) is 0 Å². The fourth-order valence-corrected chi connectivity index (χ4v) is 1.11. The molecule has 0 amide bonds. The minimum Gasteiger partial charge on any atom is -0.315 e. The number of hydrogen-bond donors (Lipinski definition) is 1. The molecule has 0 aromatic heterocycles. The third-order valence-electron chi connectivity index (χ3n) is 2.72. The third kappa shape index (κ3) is 8.26. The molecule has 1 atom stereocenters. The molecule has 0 rings (SSSR count). The molecule has 1 unspecified atom stereocenters. The Balaban J connectivity index is 3.08. The van der Waals surface area contributed by atoms with Crippen LogP contribution in [0.2, 0.25) is 0 Å². The second-order valence-corrected chi connectivity index (χ2v) is 3.95. The predicted molar refractivity (Wildman–Crippen MR) is 60.1 cm³/mol. The summed E-state index contributed by atoms with van der Waals surface area (Å²) in [7, 11) is 2.16. The summed E-state index contributed by atoms with van der Waals surface area (Å²) in [5, 5.41) is 3.47. The van der Waals surface area contributed by atoms with Crippen LogP contribution in [0.15, 0.2) is 0 Å². The summed E-state index contributed by atoms with van der Waals surface area (Å²) in [5.74, 6) is 0.872. The van der Waals surface area contributed by atoms with Crippen LogP contribution in [-0.2, 0) is 0 Å². The van der Waals surface area contributed by atoms with Crippen molar-refractivity contribution in [2.45, 2.75) is 33.6 Å². The molecule has 0 radical (unpaired) electrons. The maximum Gasteiger partial charge on any atom is 0.0104 e. The van der Waals surface area contributed by atoms with Crippen molar-refractivity contribution in [2.75, 3.05) is 33.2 Å². The molecule has 1 N–H and O–H groups in total. The smallest absolute Gasteiger partial charge is 0.0104 e. The summed E-state index contributed by atoms with van der Waals surface area (Å²) in [4.78, 5) is 2.33. The van der Waals surface area contributed by atoms with Gasteiger partial charge in [-0.2, -0.15) is 0 Å². The van der Waals surface area contributed by atoms with Crippen molar-refractivity contribution >= 4 is 0 Å². The van der Waals surface area contributed by atoms with E-state index >= 15 is 0 Å². The zero-order valence-electron chi connectivity index (χ0n) is 9.77. The Kier molecular flexibility index (Phi) is 8.46. The maximum atomic E-state index is 3.47. The lowest BCUT2D eigenvalue weighted by atomic mass is 10.1. The Hall–Kier alpha value is -0.0800. The molecule has 0 fully saturated rings. The van der Waals surface area contributed by atoms with Crippen LogP contribution in [0.1, 0.15) is 33.6 Å². The molecular weight excluding hydrogens is 160 g/mol. The van der Waals surface area contributed by atoms with Gasteiger partial charge in [-0.05, 0) is 32.5 Å². The molecule has 0 aliphatic rings. The van der Waals surface area contributed by atoms with E-state index in [4.69, 9.17) is 0 Å². The number of rotatable bonds is 8. The fourth-order valence-electron chi connectivity index (χ4n) is 1.11. The van der Waals surface area contributed by atoms with Gasteiger partial charge in [0.05, 0.1) is 0 Å². The zero-order valence-corrected chi connectivity index (χ0v) is 9.77. The van der Waals surface area contributed by atoms with E-state index in [1.54, 1.807) is 0 Å². The van der Waals surface area contributed by atoms with Gasteiger partial charge < -0.3 is 10.2 Å². The van der Waals surface area contributed by atoms with Crippen molar-refractivity contribution in [1.82, 2.24) is 10.2 Å². The molecule has 0 saturated carbocycles. The number of nitrogens with one attached hydrogen (secondary N) is 1. The summed E-state index contributed by atoms with van der Waals surface area (Å²) in [6.07, 6.45) is 2.61. The van der Waals surface area contributed by atoms with Gasteiger partial charge >= 0.3 is 0 Å². The monoisotopic (exact) mass is 186 g/mol. The largest absolute Gasteiger partial charge is 0.315 e. The Morgan fingerprint density at radius 3 is 2.46 bits per heavy atom. The first-order valence-electron chi connectivity index (χ1n) is 5.59. The van der Waals surface area contributed by atoms with Crippen molar-refractivity contribution in [3.8, 4) is 0 Å². The van der Waals surface area contributed by atoms with Crippen molar-refractivity contribution in [2.24, 2.45) is 5.92 Å². The lowest BCUT2D eigenvalue weighted by molar-refractivity contribution is 0.346. The first kappa shape index (κ1) is 12.9. The van der Waals surface area contributed by atoms with E-state index in [-0.39, 0.29) is 0 Å². The Morgan fingerprint density at radius 2 is 1.92 bits per heavy atom. The molecule has 0 aromatic carbocycles. The summed E-state index contributed by atoms with van der Waals surface area (Å²) >= 11 is 0. The van der Waals surface area contributed by atoms with E-state index < -0.39 is 0 Å². The first-order chi connectivity index (χ1) is 6.20. The highest BCUT2D eigenvalue weighted by Gasteiger charge is 1.97. The zero-order chi connectivity index (χ0) is 10.1. The second kappa shape index (κ2) is 8.52. The van der Waals surface area contributed by atoms with E-state index in [0.717, 1.165) is 25.6 Å². The molecule has 13 heavy (non-hydrogen) atoms. The normalized spacial score (nSPS) is 13.6. The standard InChI is InChI=1S/C11H26N2/c1-5-11(3)7-8-12-9-10-13(4)6-2/h11-12H,5-10H2,1-4H3. The average Bonchev–Trinajstić information content (AvgIpc) is 2.16. The molecule has 2 nitrogen and oxygen atoms in total. The average molecular weight is 186 g/mol. The second-order valence-electron chi connectivity index (χ2n) is 3.95. The minimum atomic E-state index is 0.872. The lowest BCUT2D eigenvalue weighted by Crippen LogP contribution is -2.30. The molecule has 0 spiro atoms. The van der Waals surface area contributed by atoms with E-state index in [1.165, 1.54) is 19.4 Å². The van der Waals surface area contributed by atoms with Crippen LogP contribution in [0.4, 0.5) is 0 Å². The Bertz CT molecular complexity index is 92.3. The van der Waals surface area contributed by atoms with Crippen molar-refractivity contribution in [3.63, 3.8) is 0 Å². The highest BCUT2D eigenvalue weighted by atomic mass is 15.1. The Morgan fingerprint density at radius 1 is 1.23 bits per heavy atom.